The van der Waals surface area contributed by atoms with E-state index in [0.717, 1.165) is 32.4 Å². The van der Waals surface area contributed by atoms with E-state index in [0.29, 0.717) is 12.5 Å². The quantitative estimate of drug-likeness (QED) is 0.709. The molecule has 0 aromatic heterocycles. The van der Waals surface area contributed by atoms with Crippen LogP contribution in [0.4, 0.5) is 0 Å². The van der Waals surface area contributed by atoms with Crippen LogP contribution >= 0.6 is 0 Å². The molecule has 0 aromatic carbocycles. The second-order valence-corrected chi connectivity index (χ2v) is 6.49. The van der Waals surface area contributed by atoms with Crippen molar-refractivity contribution >= 4 is 10.0 Å². The fourth-order valence-corrected chi connectivity index (χ4v) is 3.24. The standard InChI is InChI=1S/C11H24N2O2S/c1-2-3-9-16(14,15)13-8-6-11-5-4-7-12-10-11/h11-13H,2-10H2,1H3. The molecule has 1 unspecified atom stereocenters. The monoisotopic (exact) mass is 248 g/mol. The molecule has 1 fully saturated rings. The molecule has 0 bridgehead atoms. The number of hydrogen-bond donors (Lipinski definition) is 2. The van der Waals surface area contributed by atoms with E-state index in [-0.39, 0.29) is 5.75 Å². The van der Waals surface area contributed by atoms with E-state index in [2.05, 4.69) is 10.0 Å². The Hall–Kier alpha value is -0.130. The fourth-order valence-electron chi connectivity index (χ4n) is 2.00. The summed E-state index contributed by atoms with van der Waals surface area (Å²) < 4.78 is 25.7. The van der Waals surface area contributed by atoms with Crippen LogP contribution in [0.25, 0.3) is 0 Å². The fraction of sp³-hybridized carbons (Fsp3) is 1.00. The van der Waals surface area contributed by atoms with Gasteiger partial charge in [0.15, 0.2) is 0 Å². The van der Waals surface area contributed by atoms with Crippen molar-refractivity contribution in [2.45, 2.75) is 39.0 Å². The van der Waals surface area contributed by atoms with E-state index in [4.69, 9.17) is 0 Å². The third kappa shape index (κ3) is 5.82. The van der Waals surface area contributed by atoms with Crippen LogP contribution in [0.15, 0.2) is 0 Å². The Balaban J connectivity index is 2.13. The van der Waals surface area contributed by atoms with Gasteiger partial charge in [-0.05, 0) is 44.7 Å². The average molecular weight is 248 g/mol. The zero-order valence-electron chi connectivity index (χ0n) is 10.2. The van der Waals surface area contributed by atoms with Gasteiger partial charge in [-0.3, -0.25) is 0 Å². The molecule has 0 aromatic rings. The van der Waals surface area contributed by atoms with Crippen LogP contribution in [0.5, 0.6) is 0 Å². The maximum Gasteiger partial charge on any atom is 0.211 e. The molecule has 16 heavy (non-hydrogen) atoms. The summed E-state index contributed by atoms with van der Waals surface area (Å²) >= 11 is 0. The van der Waals surface area contributed by atoms with Gasteiger partial charge in [0, 0.05) is 6.54 Å². The first-order valence-corrected chi connectivity index (χ1v) is 7.97. The smallest absolute Gasteiger partial charge is 0.211 e. The largest absolute Gasteiger partial charge is 0.316 e. The van der Waals surface area contributed by atoms with E-state index in [9.17, 15) is 8.42 Å². The highest BCUT2D eigenvalue weighted by Gasteiger charge is 2.14. The van der Waals surface area contributed by atoms with Crippen LogP contribution < -0.4 is 10.0 Å². The van der Waals surface area contributed by atoms with Crippen LogP contribution in [0.2, 0.25) is 0 Å². The zero-order valence-corrected chi connectivity index (χ0v) is 11.0. The minimum Gasteiger partial charge on any atom is -0.316 e. The van der Waals surface area contributed by atoms with Crippen LogP contribution in [0, 0.1) is 5.92 Å². The molecule has 1 atom stereocenters. The van der Waals surface area contributed by atoms with Crippen molar-refractivity contribution in [1.82, 2.24) is 10.0 Å². The predicted octanol–water partition coefficient (Wildman–Crippen LogP) is 1.10. The summed E-state index contributed by atoms with van der Waals surface area (Å²) in [6.07, 6.45) is 5.07. The normalized spacial score (nSPS) is 22.2. The number of nitrogens with one attached hydrogen (secondary N) is 2. The molecule has 2 N–H and O–H groups in total. The predicted molar refractivity (Wildman–Crippen MR) is 66.9 cm³/mol. The first kappa shape index (κ1) is 13.9. The van der Waals surface area contributed by atoms with Crippen molar-refractivity contribution in [2.75, 3.05) is 25.4 Å². The third-order valence-corrected chi connectivity index (χ3v) is 4.51. The summed E-state index contributed by atoms with van der Waals surface area (Å²) in [5, 5.41) is 3.34. The molecule has 0 spiro atoms. The van der Waals surface area contributed by atoms with Gasteiger partial charge >= 0.3 is 0 Å². The van der Waals surface area contributed by atoms with Gasteiger partial charge < -0.3 is 5.32 Å². The van der Waals surface area contributed by atoms with E-state index in [1.807, 2.05) is 6.92 Å². The minimum absolute atomic E-state index is 0.270. The van der Waals surface area contributed by atoms with Gasteiger partial charge in [-0.25, -0.2) is 13.1 Å². The Kier molecular flexibility index (Phi) is 6.31. The maximum absolute atomic E-state index is 11.5. The van der Waals surface area contributed by atoms with Crippen LogP contribution in [0.3, 0.4) is 0 Å². The second kappa shape index (κ2) is 7.25. The first-order chi connectivity index (χ1) is 7.64. The molecule has 0 radical (unpaired) electrons. The lowest BCUT2D eigenvalue weighted by molar-refractivity contribution is 0.358. The number of hydrogen-bond acceptors (Lipinski definition) is 3. The highest BCUT2D eigenvalue weighted by atomic mass is 32.2. The molecule has 1 aliphatic heterocycles. The molecule has 5 heteroatoms. The lowest BCUT2D eigenvalue weighted by Gasteiger charge is -2.22. The van der Waals surface area contributed by atoms with Crippen molar-refractivity contribution in [2.24, 2.45) is 5.92 Å². The number of sulfonamides is 1. The topological polar surface area (TPSA) is 58.2 Å². The number of rotatable bonds is 7. The lowest BCUT2D eigenvalue weighted by atomic mass is 9.96. The van der Waals surface area contributed by atoms with Crippen molar-refractivity contribution in [1.29, 1.82) is 0 Å². The molecule has 96 valence electrons. The highest BCUT2D eigenvalue weighted by Crippen LogP contribution is 2.13. The van der Waals surface area contributed by atoms with E-state index < -0.39 is 10.0 Å². The molecular formula is C11H24N2O2S. The van der Waals surface area contributed by atoms with Gasteiger partial charge in [0.1, 0.15) is 0 Å². The molecule has 4 nitrogen and oxygen atoms in total. The maximum atomic E-state index is 11.5. The summed E-state index contributed by atoms with van der Waals surface area (Å²) in [5.74, 6) is 0.912. The Morgan fingerprint density at radius 3 is 2.88 bits per heavy atom. The Labute approximate surface area is 99.2 Å². The van der Waals surface area contributed by atoms with Crippen LogP contribution in [0.1, 0.15) is 39.0 Å². The summed E-state index contributed by atoms with van der Waals surface area (Å²) in [7, 11) is -3.01. The molecule has 1 saturated heterocycles. The Morgan fingerprint density at radius 2 is 2.25 bits per heavy atom. The Bertz CT molecular complexity index is 272. The molecule has 0 amide bonds. The average Bonchev–Trinajstić information content (AvgIpc) is 2.28. The lowest BCUT2D eigenvalue weighted by Crippen LogP contribution is -2.33. The zero-order chi connectivity index (χ0) is 11.9. The van der Waals surface area contributed by atoms with E-state index in [1.54, 1.807) is 0 Å². The molecule has 0 saturated carbocycles. The molecule has 1 heterocycles. The van der Waals surface area contributed by atoms with E-state index >= 15 is 0 Å². The van der Waals surface area contributed by atoms with E-state index in [1.165, 1.54) is 12.8 Å². The number of unbranched alkanes of at least 4 members (excludes halogenated alkanes) is 1. The number of piperidine rings is 1. The second-order valence-electron chi connectivity index (χ2n) is 4.57. The van der Waals surface area contributed by atoms with Gasteiger partial charge in [0.05, 0.1) is 5.75 Å². The van der Waals surface area contributed by atoms with Crippen molar-refractivity contribution in [3.8, 4) is 0 Å². The third-order valence-electron chi connectivity index (χ3n) is 3.04. The Morgan fingerprint density at radius 1 is 1.44 bits per heavy atom. The van der Waals surface area contributed by atoms with Gasteiger partial charge in [0.25, 0.3) is 0 Å². The summed E-state index contributed by atoms with van der Waals surface area (Å²) in [6.45, 7) is 4.75. The molecule has 0 aliphatic carbocycles. The van der Waals surface area contributed by atoms with Crippen molar-refractivity contribution in [3.05, 3.63) is 0 Å². The first-order valence-electron chi connectivity index (χ1n) is 6.32. The van der Waals surface area contributed by atoms with Gasteiger partial charge in [-0.1, -0.05) is 13.3 Å². The van der Waals surface area contributed by atoms with Crippen LogP contribution in [-0.4, -0.2) is 33.8 Å². The van der Waals surface area contributed by atoms with Gasteiger partial charge in [-0.2, -0.15) is 0 Å². The molecular weight excluding hydrogens is 224 g/mol. The SMILES string of the molecule is CCCCS(=O)(=O)NCCC1CCCNC1. The summed E-state index contributed by atoms with van der Waals surface area (Å²) in [5.41, 5.74) is 0. The summed E-state index contributed by atoms with van der Waals surface area (Å²) in [6, 6.07) is 0. The summed E-state index contributed by atoms with van der Waals surface area (Å²) in [4.78, 5) is 0. The van der Waals surface area contributed by atoms with Crippen molar-refractivity contribution < 1.29 is 8.42 Å². The van der Waals surface area contributed by atoms with Crippen LogP contribution in [-0.2, 0) is 10.0 Å². The highest BCUT2D eigenvalue weighted by molar-refractivity contribution is 7.89. The minimum atomic E-state index is -3.01. The van der Waals surface area contributed by atoms with Gasteiger partial charge in [-0.15, -0.1) is 0 Å². The molecule has 1 aliphatic rings. The van der Waals surface area contributed by atoms with Gasteiger partial charge in [0.2, 0.25) is 10.0 Å². The molecule has 1 rings (SSSR count). The van der Waals surface area contributed by atoms with Crippen molar-refractivity contribution in [3.63, 3.8) is 0 Å².